The molecule has 0 aliphatic rings. The van der Waals surface area contributed by atoms with Crippen molar-refractivity contribution in [2.75, 3.05) is 24.4 Å². The quantitative estimate of drug-likeness (QED) is 0.360. The molecule has 1 atom stereocenters. The summed E-state index contributed by atoms with van der Waals surface area (Å²) in [6.07, 6.45) is 0.305. The largest absolute Gasteiger partial charge is 0.508 e. The molecule has 3 aromatic carbocycles. The van der Waals surface area contributed by atoms with Crippen molar-refractivity contribution in [1.82, 2.24) is 0 Å². The molecule has 8 nitrogen and oxygen atoms in total. The topological polar surface area (TPSA) is 118 Å². The molecule has 34 heavy (non-hydrogen) atoms. The second-order valence-electron chi connectivity index (χ2n) is 7.86. The van der Waals surface area contributed by atoms with Crippen molar-refractivity contribution in [3.8, 4) is 11.5 Å². The van der Waals surface area contributed by atoms with Gasteiger partial charge in [-0.15, -0.1) is 0 Å². The van der Waals surface area contributed by atoms with Gasteiger partial charge < -0.3 is 30.2 Å². The van der Waals surface area contributed by atoms with E-state index in [0.717, 1.165) is 16.6 Å². The summed E-state index contributed by atoms with van der Waals surface area (Å²) in [5.74, 6) is 0.244. The molecule has 174 valence electrons. The number of phenolic OH excluding ortho intramolecular Hbond substituents is 1. The molecule has 0 bridgehead atoms. The number of carbonyl (C=O) groups excluding carboxylic acids is 1. The van der Waals surface area contributed by atoms with Gasteiger partial charge in [-0.1, -0.05) is 24.3 Å². The van der Waals surface area contributed by atoms with E-state index in [-0.39, 0.29) is 11.7 Å². The van der Waals surface area contributed by atoms with Crippen LogP contribution in [-0.4, -0.2) is 31.2 Å². The third-order valence-electron chi connectivity index (χ3n) is 5.55. The van der Waals surface area contributed by atoms with Crippen LogP contribution in [0.1, 0.15) is 5.56 Å². The molecule has 4 N–H and O–H groups in total. The Morgan fingerprint density at radius 3 is 2.59 bits per heavy atom. The normalized spacial score (nSPS) is 11.7. The number of benzene rings is 3. The van der Waals surface area contributed by atoms with E-state index in [1.165, 1.54) is 13.2 Å². The number of methoxy groups -OCH3 is 1. The number of rotatable bonds is 7. The Labute approximate surface area is 196 Å². The molecule has 0 aliphatic heterocycles. The lowest BCUT2D eigenvalue weighted by Gasteiger charge is -2.22. The predicted octanol–water partition coefficient (Wildman–Crippen LogP) is 3.78. The summed E-state index contributed by atoms with van der Waals surface area (Å²) in [5.41, 5.74) is 8.82. The van der Waals surface area contributed by atoms with Crippen LogP contribution in [0.5, 0.6) is 11.5 Å². The molecule has 0 saturated heterocycles. The van der Waals surface area contributed by atoms with Gasteiger partial charge >= 0.3 is 5.63 Å². The summed E-state index contributed by atoms with van der Waals surface area (Å²) in [6.45, 7) is 0. The molecule has 8 heteroatoms. The van der Waals surface area contributed by atoms with Crippen LogP contribution < -0.4 is 26.3 Å². The van der Waals surface area contributed by atoms with Gasteiger partial charge in [0.2, 0.25) is 5.91 Å². The first-order valence-electron chi connectivity index (χ1n) is 10.6. The highest BCUT2D eigenvalue weighted by Gasteiger charge is 2.18. The predicted molar refractivity (Wildman–Crippen MR) is 132 cm³/mol. The SMILES string of the molecule is COc1ccc(N(C)c2cc(=O)oc3ccccc23)cc1NC(=O)C(N)Cc1ccc(O)cc1. The zero-order chi connectivity index (χ0) is 24.2. The number of carbonyl (C=O) groups is 1. The number of aromatic hydroxyl groups is 1. The van der Waals surface area contributed by atoms with Crippen molar-refractivity contribution in [3.05, 3.63) is 88.8 Å². The van der Waals surface area contributed by atoms with Crippen LogP contribution in [0.3, 0.4) is 0 Å². The molecule has 1 heterocycles. The molecule has 0 saturated carbocycles. The second-order valence-corrected chi connectivity index (χ2v) is 7.86. The Morgan fingerprint density at radius 2 is 1.85 bits per heavy atom. The van der Waals surface area contributed by atoms with Gasteiger partial charge in [-0.2, -0.15) is 0 Å². The highest BCUT2D eigenvalue weighted by Crippen LogP contribution is 2.34. The first kappa shape index (κ1) is 22.9. The molecule has 0 fully saturated rings. The third-order valence-corrected chi connectivity index (χ3v) is 5.55. The lowest BCUT2D eigenvalue weighted by Crippen LogP contribution is -2.37. The van der Waals surface area contributed by atoms with E-state index >= 15 is 0 Å². The minimum absolute atomic E-state index is 0.149. The second kappa shape index (κ2) is 9.68. The van der Waals surface area contributed by atoms with Gasteiger partial charge in [-0.3, -0.25) is 4.79 Å². The molecule has 0 spiro atoms. The van der Waals surface area contributed by atoms with Gasteiger partial charge in [0.15, 0.2) is 0 Å². The van der Waals surface area contributed by atoms with Gasteiger partial charge in [0.1, 0.15) is 17.1 Å². The van der Waals surface area contributed by atoms with Gasteiger partial charge in [0.25, 0.3) is 0 Å². The maximum absolute atomic E-state index is 12.8. The molecule has 4 rings (SSSR count). The molecular weight excluding hydrogens is 434 g/mol. The molecular formula is C26H25N3O5. The van der Waals surface area contributed by atoms with Crippen LogP contribution >= 0.6 is 0 Å². The average Bonchev–Trinajstić information content (AvgIpc) is 2.84. The standard InChI is InChI=1S/C26H25N3O5/c1-29(22-15-25(31)34-23-6-4-3-5-19(22)23)17-9-12-24(33-2)21(14-17)28-26(32)20(27)13-16-7-10-18(30)11-8-16/h3-12,14-15,20,30H,13,27H2,1-2H3,(H,28,32). The maximum Gasteiger partial charge on any atom is 0.338 e. The van der Waals surface area contributed by atoms with Crippen molar-refractivity contribution < 1.29 is 19.1 Å². The molecule has 1 amide bonds. The van der Waals surface area contributed by atoms with Crippen LogP contribution in [0, 0.1) is 0 Å². The molecule has 0 aliphatic carbocycles. The summed E-state index contributed by atoms with van der Waals surface area (Å²) >= 11 is 0. The number of nitrogens with two attached hydrogens (primary N) is 1. The van der Waals surface area contributed by atoms with Crippen LogP contribution in [0.4, 0.5) is 17.1 Å². The number of amides is 1. The smallest absolute Gasteiger partial charge is 0.338 e. The number of nitrogens with one attached hydrogen (secondary N) is 1. The Bertz CT molecular complexity index is 1380. The Balaban J connectivity index is 1.60. The number of hydrogen-bond donors (Lipinski definition) is 3. The first-order chi connectivity index (χ1) is 16.4. The zero-order valence-electron chi connectivity index (χ0n) is 18.8. The van der Waals surface area contributed by atoms with E-state index in [0.29, 0.717) is 29.1 Å². The number of hydrogen-bond acceptors (Lipinski definition) is 7. The Kier molecular flexibility index (Phi) is 6.51. The van der Waals surface area contributed by atoms with Crippen molar-refractivity contribution in [3.63, 3.8) is 0 Å². The number of ether oxygens (including phenoxy) is 1. The lowest BCUT2D eigenvalue weighted by atomic mass is 10.1. The van der Waals surface area contributed by atoms with E-state index in [2.05, 4.69) is 5.32 Å². The van der Waals surface area contributed by atoms with Gasteiger partial charge in [-0.25, -0.2) is 4.79 Å². The van der Waals surface area contributed by atoms with Crippen molar-refractivity contribution in [1.29, 1.82) is 0 Å². The van der Waals surface area contributed by atoms with Crippen LogP contribution in [0.25, 0.3) is 11.0 Å². The fraction of sp³-hybridized carbons (Fsp3) is 0.154. The lowest BCUT2D eigenvalue weighted by molar-refractivity contribution is -0.117. The number of para-hydroxylation sites is 1. The zero-order valence-corrected chi connectivity index (χ0v) is 18.8. The van der Waals surface area contributed by atoms with E-state index < -0.39 is 11.7 Å². The summed E-state index contributed by atoms with van der Waals surface area (Å²) in [6, 6.07) is 19.8. The van der Waals surface area contributed by atoms with E-state index in [4.69, 9.17) is 14.9 Å². The number of anilines is 3. The maximum atomic E-state index is 12.8. The van der Waals surface area contributed by atoms with Gasteiger partial charge in [-0.05, 0) is 54.4 Å². The summed E-state index contributed by atoms with van der Waals surface area (Å²) in [5, 5.41) is 13.1. The Hall–Kier alpha value is -4.30. The van der Waals surface area contributed by atoms with E-state index in [1.54, 1.807) is 48.5 Å². The summed E-state index contributed by atoms with van der Waals surface area (Å²) < 4.78 is 10.7. The van der Waals surface area contributed by atoms with Crippen LogP contribution in [0.2, 0.25) is 0 Å². The number of nitrogens with zero attached hydrogens (tertiary/aromatic N) is 1. The van der Waals surface area contributed by atoms with Crippen molar-refractivity contribution in [2.24, 2.45) is 5.73 Å². The van der Waals surface area contributed by atoms with E-state index in [1.807, 2.05) is 30.1 Å². The Morgan fingerprint density at radius 1 is 1.12 bits per heavy atom. The third kappa shape index (κ3) is 4.87. The number of phenols is 1. The minimum atomic E-state index is -0.807. The van der Waals surface area contributed by atoms with Crippen molar-refractivity contribution in [2.45, 2.75) is 12.5 Å². The summed E-state index contributed by atoms with van der Waals surface area (Å²) in [4.78, 5) is 26.8. The molecule has 1 unspecified atom stereocenters. The van der Waals surface area contributed by atoms with Crippen molar-refractivity contribution >= 4 is 33.9 Å². The minimum Gasteiger partial charge on any atom is -0.508 e. The highest BCUT2D eigenvalue weighted by atomic mass is 16.5. The highest BCUT2D eigenvalue weighted by molar-refractivity contribution is 5.97. The molecule has 0 radical (unpaired) electrons. The monoisotopic (exact) mass is 459 g/mol. The van der Waals surface area contributed by atoms with Crippen LogP contribution in [-0.2, 0) is 11.2 Å². The average molecular weight is 460 g/mol. The fourth-order valence-corrected chi connectivity index (χ4v) is 3.72. The first-order valence-corrected chi connectivity index (χ1v) is 10.6. The van der Waals surface area contributed by atoms with Gasteiger partial charge in [0.05, 0.1) is 24.5 Å². The van der Waals surface area contributed by atoms with E-state index in [9.17, 15) is 14.7 Å². The fourth-order valence-electron chi connectivity index (χ4n) is 3.72. The molecule has 4 aromatic rings. The molecule has 1 aromatic heterocycles. The summed E-state index contributed by atoms with van der Waals surface area (Å²) in [7, 11) is 3.34. The number of fused-ring (bicyclic) bond motifs is 1. The van der Waals surface area contributed by atoms with Crippen LogP contribution in [0.15, 0.2) is 82.0 Å². The van der Waals surface area contributed by atoms with Gasteiger partial charge in [0, 0.05) is 24.2 Å².